The van der Waals surface area contributed by atoms with Crippen LogP contribution in [0.4, 0.5) is 13.2 Å². The van der Waals surface area contributed by atoms with Crippen LogP contribution in [0.25, 0.3) is 10.8 Å². The van der Waals surface area contributed by atoms with E-state index in [9.17, 15) is 18.3 Å². The zero-order chi connectivity index (χ0) is 15.1. The van der Waals surface area contributed by atoms with E-state index >= 15 is 0 Å². The molecule has 1 aliphatic rings. The molecule has 1 N–H and O–H groups in total. The number of alkyl halides is 3. The summed E-state index contributed by atoms with van der Waals surface area (Å²) in [6.07, 6.45) is -3.58. The van der Waals surface area contributed by atoms with Gasteiger partial charge in [-0.15, -0.1) is 0 Å². The van der Waals surface area contributed by atoms with Gasteiger partial charge in [0.2, 0.25) is 0 Å². The highest BCUT2D eigenvalue weighted by Crippen LogP contribution is 2.46. The van der Waals surface area contributed by atoms with Crippen molar-refractivity contribution in [2.75, 3.05) is 0 Å². The average Bonchev–Trinajstić information content (AvgIpc) is 2.46. The number of aliphatic hydroxyl groups is 1. The first kappa shape index (κ1) is 14.4. The summed E-state index contributed by atoms with van der Waals surface area (Å²) < 4.78 is 38.8. The summed E-state index contributed by atoms with van der Waals surface area (Å²) in [7, 11) is 0. The molecular weight excluding hydrogens is 277 g/mol. The Morgan fingerprint density at radius 2 is 1.76 bits per heavy atom. The van der Waals surface area contributed by atoms with Gasteiger partial charge in [0.05, 0.1) is 11.5 Å². The van der Waals surface area contributed by atoms with Crippen molar-refractivity contribution in [3.8, 4) is 0 Å². The number of hydrogen-bond donors (Lipinski definition) is 1. The Balaban J connectivity index is 1.96. The van der Waals surface area contributed by atoms with Gasteiger partial charge in [-0.3, -0.25) is 0 Å². The minimum atomic E-state index is -4.23. The molecule has 112 valence electrons. The van der Waals surface area contributed by atoms with Gasteiger partial charge in [-0.2, -0.15) is 13.2 Å². The lowest BCUT2D eigenvalue weighted by Gasteiger charge is -2.38. The van der Waals surface area contributed by atoms with E-state index in [1.54, 1.807) is 6.07 Å². The van der Waals surface area contributed by atoms with Crippen LogP contribution in [-0.2, 0) is 5.60 Å². The fourth-order valence-corrected chi connectivity index (χ4v) is 3.27. The summed E-state index contributed by atoms with van der Waals surface area (Å²) in [4.78, 5) is 0. The smallest absolute Gasteiger partial charge is 0.385 e. The van der Waals surface area contributed by atoms with Crippen LogP contribution in [0.3, 0.4) is 0 Å². The van der Waals surface area contributed by atoms with Gasteiger partial charge in [-0.05, 0) is 48.1 Å². The number of rotatable bonds is 1. The standard InChI is InChI=1S/C17H17F3O/c18-17(19,20)15-6-3-9-16(21,11-15)14-8-7-12-4-1-2-5-13(12)10-14/h1-2,4-5,7-8,10,15,21H,3,6,9,11H2. The SMILES string of the molecule is OC1(c2ccc3ccccc3c2)CCCC(C(F)(F)F)C1. The lowest BCUT2D eigenvalue weighted by atomic mass is 9.74. The van der Waals surface area contributed by atoms with Gasteiger partial charge in [0.25, 0.3) is 0 Å². The third-order valence-electron chi connectivity index (χ3n) is 4.48. The van der Waals surface area contributed by atoms with E-state index in [1.165, 1.54) is 0 Å². The average molecular weight is 294 g/mol. The molecule has 3 rings (SSSR count). The van der Waals surface area contributed by atoms with Crippen LogP contribution in [0, 0.1) is 5.92 Å². The Morgan fingerprint density at radius 3 is 2.48 bits per heavy atom. The van der Waals surface area contributed by atoms with Crippen molar-refractivity contribution in [3.63, 3.8) is 0 Å². The fourth-order valence-electron chi connectivity index (χ4n) is 3.27. The fraction of sp³-hybridized carbons (Fsp3) is 0.412. The Labute approximate surface area is 121 Å². The predicted molar refractivity (Wildman–Crippen MR) is 75.9 cm³/mol. The van der Waals surface area contributed by atoms with Crippen LogP contribution in [0.1, 0.15) is 31.2 Å². The molecule has 2 atom stereocenters. The van der Waals surface area contributed by atoms with Crippen molar-refractivity contribution in [1.29, 1.82) is 0 Å². The van der Waals surface area contributed by atoms with Crippen molar-refractivity contribution >= 4 is 10.8 Å². The van der Waals surface area contributed by atoms with Crippen LogP contribution >= 0.6 is 0 Å². The third kappa shape index (κ3) is 2.77. The molecule has 0 radical (unpaired) electrons. The van der Waals surface area contributed by atoms with E-state index in [-0.39, 0.29) is 12.8 Å². The molecule has 0 aliphatic heterocycles. The molecule has 1 fully saturated rings. The summed E-state index contributed by atoms with van der Waals surface area (Å²) in [6, 6.07) is 13.1. The summed E-state index contributed by atoms with van der Waals surface area (Å²) in [5, 5.41) is 12.7. The number of hydrogen-bond acceptors (Lipinski definition) is 1. The largest absolute Gasteiger partial charge is 0.391 e. The van der Waals surface area contributed by atoms with E-state index in [0.29, 0.717) is 18.4 Å². The molecule has 21 heavy (non-hydrogen) atoms. The molecule has 0 aromatic heterocycles. The van der Waals surface area contributed by atoms with E-state index < -0.39 is 17.7 Å². The highest BCUT2D eigenvalue weighted by Gasteiger charge is 2.47. The third-order valence-corrected chi connectivity index (χ3v) is 4.48. The maximum atomic E-state index is 12.9. The van der Waals surface area contributed by atoms with Gasteiger partial charge in [-0.25, -0.2) is 0 Å². The van der Waals surface area contributed by atoms with Crippen molar-refractivity contribution in [1.82, 2.24) is 0 Å². The van der Waals surface area contributed by atoms with Crippen LogP contribution < -0.4 is 0 Å². The van der Waals surface area contributed by atoms with Crippen molar-refractivity contribution in [2.24, 2.45) is 5.92 Å². The van der Waals surface area contributed by atoms with Gasteiger partial charge < -0.3 is 5.11 Å². The maximum Gasteiger partial charge on any atom is 0.391 e. The van der Waals surface area contributed by atoms with Crippen molar-refractivity contribution < 1.29 is 18.3 Å². The van der Waals surface area contributed by atoms with Gasteiger partial charge in [-0.1, -0.05) is 36.4 Å². The molecule has 1 saturated carbocycles. The van der Waals surface area contributed by atoms with Crippen LogP contribution in [0.2, 0.25) is 0 Å². The zero-order valence-corrected chi connectivity index (χ0v) is 11.5. The Bertz CT molecular complexity index is 650. The second-order valence-corrected chi connectivity index (χ2v) is 5.93. The Kier molecular flexibility index (Phi) is 3.44. The minimum Gasteiger partial charge on any atom is -0.385 e. The lowest BCUT2D eigenvalue weighted by Crippen LogP contribution is -2.38. The van der Waals surface area contributed by atoms with Gasteiger partial charge >= 0.3 is 6.18 Å². The van der Waals surface area contributed by atoms with Crippen LogP contribution in [0.15, 0.2) is 42.5 Å². The molecule has 0 bridgehead atoms. The Morgan fingerprint density at radius 1 is 1.05 bits per heavy atom. The molecular formula is C17H17F3O. The van der Waals surface area contributed by atoms with Gasteiger partial charge in [0, 0.05) is 0 Å². The normalized spacial score (nSPS) is 27.0. The second-order valence-electron chi connectivity index (χ2n) is 5.93. The maximum absolute atomic E-state index is 12.9. The quantitative estimate of drug-likeness (QED) is 0.802. The number of fused-ring (bicyclic) bond motifs is 1. The van der Waals surface area contributed by atoms with Crippen molar-refractivity contribution in [2.45, 2.75) is 37.5 Å². The topological polar surface area (TPSA) is 20.2 Å². The molecule has 2 aromatic rings. The highest BCUT2D eigenvalue weighted by atomic mass is 19.4. The van der Waals surface area contributed by atoms with Crippen LogP contribution in [0.5, 0.6) is 0 Å². The monoisotopic (exact) mass is 294 g/mol. The second kappa shape index (κ2) is 5.02. The van der Waals surface area contributed by atoms with Crippen LogP contribution in [-0.4, -0.2) is 11.3 Å². The summed E-state index contributed by atoms with van der Waals surface area (Å²) in [5.74, 6) is -1.41. The van der Waals surface area contributed by atoms with E-state index in [4.69, 9.17) is 0 Å². The molecule has 1 nitrogen and oxygen atoms in total. The minimum absolute atomic E-state index is 0.111. The van der Waals surface area contributed by atoms with E-state index in [1.807, 2.05) is 36.4 Å². The molecule has 1 aliphatic carbocycles. The van der Waals surface area contributed by atoms with Gasteiger partial charge in [0.1, 0.15) is 0 Å². The van der Waals surface area contributed by atoms with E-state index in [2.05, 4.69) is 0 Å². The molecule has 0 heterocycles. The molecule has 0 spiro atoms. The summed E-state index contributed by atoms with van der Waals surface area (Å²) in [5.41, 5.74) is -0.780. The molecule has 0 saturated heterocycles. The summed E-state index contributed by atoms with van der Waals surface area (Å²) in [6.45, 7) is 0. The van der Waals surface area contributed by atoms with Crippen molar-refractivity contribution in [3.05, 3.63) is 48.0 Å². The lowest BCUT2D eigenvalue weighted by molar-refractivity contribution is -0.201. The summed E-state index contributed by atoms with van der Waals surface area (Å²) >= 11 is 0. The molecule has 2 aromatic carbocycles. The van der Waals surface area contributed by atoms with E-state index in [0.717, 1.165) is 10.8 Å². The first-order valence-electron chi connectivity index (χ1n) is 7.17. The predicted octanol–water partition coefficient (Wildman–Crippen LogP) is 4.78. The Hall–Kier alpha value is -1.55. The number of halogens is 3. The molecule has 4 heteroatoms. The first-order chi connectivity index (χ1) is 9.88. The zero-order valence-electron chi connectivity index (χ0n) is 11.5. The van der Waals surface area contributed by atoms with Gasteiger partial charge in [0.15, 0.2) is 0 Å². The number of benzene rings is 2. The molecule has 2 unspecified atom stereocenters. The highest BCUT2D eigenvalue weighted by molar-refractivity contribution is 5.83. The molecule has 0 amide bonds. The first-order valence-corrected chi connectivity index (χ1v) is 7.17.